The van der Waals surface area contributed by atoms with E-state index in [1.807, 2.05) is 29.6 Å². The summed E-state index contributed by atoms with van der Waals surface area (Å²) >= 11 is 0. The van der Waals surface area contributed by atoms with Gasteiger partial charge in [-0.1, -0.05) is 12.1 Å². The Morgan fingerprint density at radius 3 is 2.35 bits per heavy atom. The predicted molar refractivity (Wildman–Crippen MR) is 82.9 cm³/mol. The Kier molecular flexibility index (Phi) is 5.56. The number of carboxylic acid groups (broad SMARTS) is 1. The summed E-state index contributed by atoms with van der Waals surface area (Å²) in [7, 11) is 0. The summed E-state index contributed by atoms with van der Waals surface area (Å²) in [6.07, 6.45) is 2.39. The third kappa shape index (κ3) is 4.70. The average Bonchev–Trinajstić information content (AvgIpc) is 3.04. The molecule has 1 aromatic carbocycles. The molecule has 23 heavy (non-hydrogen) atoms. The van der Waals surface area contributed by atoms with E-state index in [1.165, 1.54) is 12.8 Å². The molecule has 0 aromatic heterocycles. The highest BCUT2D eigenvalue weighted by Crippen LogP contribution is 2.20. The number of anilines is 1. The zero-order valence-corrected chi connectivity index (χ0v) is 12.9. The van der Waals surface area contributed by atoms with Gasteiger partial charge in [0.05, 0.1) is 0 Å². The SMILES string of the molecule is CC(=O)NC(C(=O)O)C(=O)OCc1ccc(N2CCCC2)cc1. The van der Waals surface area contributed by atoms with Crippen LogP contribution in [-0.4, -0.2) is 42.1 Å². The lowest BCUT2D eigenvalue weighted by molar-refractivity contribution is -0.157. The molecule has 7 nitrogen and oxygen atoms in total. The molecule has 1 atom stereocenters. The fraction of sp³-hybridized carbons (Fsp3) is 0.438. The number of benzene rings is 1. The number of carbonyl (C=O) groups is 3. The van der Waals surface area contributed by atoms with Gasteiger partial charge in [0, 0.05) is 25.7 Å². The molecule has 0 spiro atoms. The summed E-state index contributed by atoms with van der Waals surface area (Å²) < 4.78 is 4.97. The number of ether oxygens (including phenoxy) is 1. The van der Waals surface area contributed by atoms with Gasteiger partial charge in [0.2, 0.25) is 11.9 Å². The Labute approximate surface area is 134 Å². The van der Waals surface area contributed by atoms with Crippen molar-refractivity contribution in [2.75, 3.05) is 18.0 Å². The van der Waals surface area contributed by atoms with Crippen molar-refractivity contribution in [1.82, 2.24) is 5.32 Å². The number of aliphatic carboxylic acids is 1. The van der Waals surface area contributed by atoms with Crippen molar-refractivity contribution in [2.45, 2.75) is 32.4 Å². The van der Waals surface area contributed by atoms with E-state index in [1.54, 1.807) is 0 Å². The van der Waals surface area contributed by atoms with Gasteiger partial charge in [-0.05, 0) is 30.5 Å². The normalized spacial score (nSPS) is 15.1. The third-order valence-corrected chi connectivity index (χ3v) is 3.62. The molecule has 1 amide bonds. The number of carbonyl (C=O) groups excluding carboxylic acids is 2. The fourth-order valence-electron chi connectivity index (χ4n) is 2.44. The Hall–Kier alpha value is -2.57. The Bertz CT molecular complexity index is 579. The van der Waals surface area contributed by atoms with E-state index in [2.05, 4.69) is 4.90 Å². The van der Waals surface area contributed by atoms with Crippen LogP contribution in [0, 0.1) is 0 Å². The number of hydrogen-bond donors (Lipinski definition) is 2. The minimum absolute atomic E-state index is 0.0392. The zero-order chi connectivity index (χ0) is 16.8. The predicted octanol–water partition coefficient (Wildman–Crippen LogP) is 0.919. The summed E-state index contributed by atoms with van der Waals surface area (Å²) in [5.74, 6) is -3.05. The van der Waals surface area contributed by atoms with Gasteiger partial charge in [0.15, 0.2) is 0 Å². The second-order valence-electron chi connectivity index (χ2n) is 5.44. The van der Waals surface area contributed by atoms with E-state index in [0.717, 1.165) is 31.3 Å². The molecule has 124 valence electrons. The lowest BCUT2D eigenvalue weighted by Gasteiger charge is -2.18. The van der Waals surface area contributed by atoms with Crippen molar-refractivity contribution in [3.63, 3.8) is 0 Å². The van der Waals surface area contributed by atoms with Crippen LogP contribution in [0.2, 0.25) is 0 Å². The molecule has 1 unspecified atom stereocenters. The second-order valence-corrected chi connectivity index (χ2v) is 5.44. The highest BCUT2D eigenvalue weighted by Gasteiger charge is 2.28. The lowest BCUT2D eigenvalue weighted by atomic mass is 10.2. The van der Waals surface area contributed by atoms with Crippen LogP contribution in [0.5, 0.6) is 0 Å². The zero-order valence-electron chi connectivity index (χ0n) is 12.9. The first kappa shape index (κ1) is 16.8. The molecule has 0 radical (unpaired) electrons. The van der Waals surface area contributed by atoms with E-state index in [4.69, 9.17) is 9.84 Å². The summed E-state index contributed by atoms with van der Waals surface area (Å²) in [6, 6.07) is 5.91. The molecule has 1 aliphatic heterocycles. The summed E-state index contributed by atoms with van der Waals surface area (Å²) in [5, 5.41) is 11.0. The van der Waals surface area contributed by atoms with Crippen molar-refractivity contribution in [3.8, 4) is 0 Å². The van der Waals surface area contributed by atoms with Crippen LogP contribution in [-0.2, 0) is 25.7 Å². The van der Waals surface area contributed by atoms with Crippen molar-refractivity contribution < 1.29 is 24.2 Å². The number of nitrogens with one attached hydrogen (secondary N) is 1. The molecule has 0 saturated carbocycles. The topological polar surface area (TPSA) is 95.9 Å². The Morgan fingerprint density at radius 1 is 1.22 bits per heavy atom. The molecule has 1 aliphatic rings. The van der Waals surface area contributed by atoms with Crippen LogP contribution < -0.4 is 10.2 Å². The van der Waals surface area contributed by atoms with Gasteiger partial charge in [-0.25, -0.2) is 9.59 Å². The number of rotatable bonds is 6. The average molecular weight is 320 g/mol. The maximum Gasteiger partial charge on any atom is 0.340 e. The van der Waals surface area contributed by atoms with Crippen LogP contribution in [0.3, 0.4) is 0 Å². The van der Waals surface area contributed by atoms with Crippen LogP contribution >= 0.6 is 0 Å². The molecule has 1 aromatic rings. The van der Waals surface area contributed by atoms with Crippen molar-refractivity contribution in [3.05, 3.63) is 29.8 Å². The molecule has 0 aliphatic carbocycles. The van der Waals surface area contributed by atoms with Gasteiger partial charge in [-0.15, -0.1) is 0 Å². The first-order valence-corrected chi connectivity index (χ1v) is 7.48. The minimum atomic E-state index is -1.68. The molecule has 2 rings (SSSR count). The molecule has 2 N–H and O–H groups in total. The number of hydrogen-bond acceptors (Lipinski definition) is 5. The van der Waals surface area contributed by atoms with Gasteiger partial charge in [0.1, 0.15) is 6.61 Å². The number of carboxylic acids is 1. The maximum absolute atomic E-state index is 11.7. The largest absolute Gasteiger partial charge is 0.479 e. The fourth-order valence-corrected chi connectivity index (χ4v) is 2.44. The standard InChI is InChI=1S/C16H20N2O5/c1-11(19)17-14(15(20)21)16(22)23-10-12-4-6-13(7-5-12)18-8-2-3-9-18/h4-7,14H,2-3,8-10H2,1H3,(H,17,19)(H,20,21). The summed E-state index contributed by atoms with van der Waals surface area (Å²) in [5.41, 5.74) is 1.88. The van der Waals surface area contributed by atoms with E-state index < -0.39 is 23.9 Å². The number of esters is 1. The van der Waals surface area contributed by atoms with Crippen LogP contribution in [0.4, 0.5) is 5.69 Å². The molecular formula is C16H20N2O5. The van der Waals surface area contributed by atoms with E-state index >= 15 is 0 Å². The van der Waals surface area contributed by atoms with Crippen LogP contribution in [0.1, 0.15) is 25.3 Å². The summed E-state index contributed by atoms with van der Waals surface area (Å²) in [6.45, 7) is 3.19. The van der Waals surface area contributed by atoms with Gasteiger partial charge in [-0.2, -0.15) is 0 Å². The van der Waals surface area contributed by atoms with Crippen LogP contribution in [0.15, 0.2) is 24.3 Å². The van der Waals surface area contributed by atoms with E-state index in [0.29, 0.717) is 0 Å². The molecule has 1 fully saturated rings. The van der Waals surface area contributed by atoms with Crippen LogP contribution in [0.25, 0.3) is 0 Å². The highest BCUT2D eigenvalue weighted by atomic mass is 16.5. The second kappa shape index (κ2) is 7.62. The van der Waals surface area contributed by atoms with Gasteiger partial charge >= 0.3 is 11.9 Å². The highest BCUT2D eigenvalue weighted by molar-refractivity contribution is 6.01. The Balaban J connectivity index is 1.90. The van der Waals surface area contributed by atoms with Gasteiger partial charge in [-0.3, -0.25) is 4.79 Å². The van der Waals surface area contributed by atoms with Crippen molar-refractivity contribution in [1.29, 1.82) is 0 Å². The van der Waals surface area contributed by atoms with E-state index in [9.17, 15) is 14.4 Å². The molecule has 1 saturated heterocycles. The van der Waals surface area contributed by atoms with Crippen molar-refractivity contribution in [2.24, 2.45) is 0 Å². The maximum atomic E-state index is 11.7. The molecule has 1 heterocycles. The quantitative estimate of drug-likeness (QED) is 0.598. The van der Waals surface area contributed by atoms with E-state index in [-0.39, 0.29) is 6.61 Å². The number of nitrogens with zero attached hydrogens (tertiary/aromatic N) is 1. The third-order valence-electron chi connectivity index (χ3n) is 3.62. The van der Waals surface area contributed by atoms with Crippen molar-refractivity contribution >= 4 is 23.5 Å². The number of amides is 1. The Morgan fingerprint density at radius 2 is 1.83 bits per heavy atom. The summed E-state index contributed by atoms with van der Waals surface area (Å²) in [4.78, 5) is 35.9. The first-order valence-electron chi connectivity index (χ1n) is 7.48. The monoisotopic (exact) mass is 320 g/mol. The molecule has 0 bridgehead atoms. The molecule has 7 heteroatoms. The minimum Gasteiger partial charge on any atom is -0.479 e. The smallest absolute Gasteiger partial charge is 0.340 e. The van der Waals surface area contributed by atoms with Gasteiger partial charge in [0.25, 0.3) is 0 Å². The lowest BCUT2D eigenvalue weighted by Crippen LogP contribution is -2.46. The molecular weight excluding hydrogens is 300 g/mol. The first-order chi connectivity index (χ1) is 11.0. The van der Waals surface area contributed by atoms with Gasteiger partial charge < -0.3 is 20.1 Å².